The van der Waals surface area contributed by atoms with Crippen LogP contribution in [0.4, 0.5) is 0 Å². The van der Waals surface area contributed by atoms with Gasteiger partial charge in [-0.25, -0.2) is 4.98 Å². The number of ether oxygens (including phenoxy) is 2. The lowest BCUT2D eigenvalue weighted by Gasteiger charge is -2.33. The topological polar surface area (TPSA) is 66.2 Å². The first-order valence-electron chi connectivity index (χ1n) is 8.86. The molecule has 1 atom stereocenters. The highest BCUT2D eigenvalue weighted by Crippen LogP contribution is 2.37. The Hall–Kier alpha value is -3.15. The second kappa shape index (κ2) is 8.49. The summed E-state index contributed by atoms with van der Waals surface area (Å²) in [6.07, 6.45) is 3.52. The molecule has 1 unspecified atom stereocenters. The second-order valence-electron chi connectivity index (χ2n) is 6.26. The summed E-state index contributed by atoms with van der Waals surface area (Å²) in [5.74, 6) is 0.329. The van der Waals surface area contributed by atoms with E-state index in [0.717, 1.165) is 11.1 Å². The monoisotopic (exact) mass is 365 g/mol. The van der Waals surface area contributed by atoms with E-state index in [1.54, 1.807) is 18.1 Å². The highest BCUT2D eigenvalue weighted by Gasteiger charge is 2.44. The van der Waals surface area contributed by atoms with Gasteiger partial charge in [0, 0.05) is 5.56 Å². The van der Waals surface area contributed by atoms with Crippen LogP contribution in [0.5, 0.6) is 5.75 Å². The zero-order chi connectivity index (χ0) is 19.1. The van der Waals surface area contributed by atoms with E-state index in [1.807, 2.05) is 61.5 Å². The molecule has 0 radical (unpaired) electrons. The highest BCUT2D eigenvalue weighted by molar-refractivity contribution is 5.84. The number of carbonyl (C=O) groups excluding carboxylic acids is 1. The van der Waals surface area contributed by atoms with Crippen LogP contribution in [0.2, 0.25) is 0 Å². The third kappa shape index (κ3) is 4.00. The molecule has 6 nitrogen and oxygen atoms in total. The van der Waals surface area contributed by atoms with Crippen molar-refractivity contribution in [1.29, 1.82) is 0 Å². The Morgan fingerprint density at radius 1 is 1.11 bits per heavy atom. The van der Waals surface area contributed by atoms with Crippen LogP contribution in [0.3, 0.4) is 0 Å². The maximum Gasteiger partial charge on any atom is 0.318 e. The molecule has 0 aliphatic carbocycles. The minimum absolute atomic E-state index is 0.293. The Kier molecular flexibility index (Phi) is 5.86. The van der Waals surface area contributed by atoms with E-state index in [-0.39, 0.29) is 5.97 Å². The number of para-hydroxylation sites is 1. The van der Waals surface area contributed by atoms with Crippen molar-refractivity contribution < 1.29 is 14.3 Å². The maximum atomic E-state index is 13.3. The molecule has 27 heavy (non-hydrogen) atoms. The molecule has 3 aromatic rings. The molecule has 140 valence electrons. The van der Waals surface area contributed by atoms with E-state index in [1.165, 1.54) is 6.33 Å². The molecule has 2 aromatic carbocycles. The van der Waals surface area contributed by atoms with E-state index in [9.17, 15) is 4.79 Å². The number of hydrogen-bond acceptors (Lipinski definition) is 5. The van der Waals surface area contributed by atoms with Crippen molar-refractivity contribution in [3.8, 4) is 5.75 Å². The number of aromatic nitrogens is 3. The van der Waals surface area contributed by atoms with Crippen molar-refractivity contribution in [3.05, 3.63) is 78.4 Å². The molecule has 0 aliphatic rings. The number of benzene rings is 2. The Morgan fingerprint density at radius 2 is 1.85 bits per heavy atom. The minimum atomic E-state index is -1.00. The van der Waals surface area contributed by atoms with Crippen LogP contribution < -0.4 is 4.74 Å². The fourth-order valence-corrected chi connectivity index (χ4v) is 3.33. The normalized spacial score (nSPS) is 13.0. The van der Waals surface area contributed by atoms with E-state index < -0.39 is 5.41 Å². The van der Waals surface area contributed by atoms with Crippen molar-refractivity contribution in [3.63, 3.8) is 0 Å². The van der Waals surface area contributed by atoms with E-state index in [0.29, 0.717) is 25.3 Å². The van der Waals surface area contributed by atoms with Crippen molar-refractivity contribution in [1.82, 2.24) is 14.8 Å². The van der Waals surface area contributed by atoms with Gasteiger partial charge in [0.15, 0.2) is 0 Å². The zero-order valence-electron chi connectivity index (χ0n) is 15.5. The predicted molar refractivity (Wildman–Crippen MR) is 101 cm³/mol. The van der Waals surface area contributed by atoms with Crippen LogP contribution >= 0.6 is 0 Å². The van der Waals surface area contributed by atoms with Crippen LogP contribution in [0.1, 0.15) is 18.1 Å². The average Bonchev–Trinajstić information content (AvgIpc) is 3.21. The summed E-state index contributed by atoms with van der Waals surface area (Å²) in [6.45, 7) is 2.39. The Morgan fingerprint density at radius 3 is 2.52 bits per heavy atom. The van der Waals surface area contributed by atoms with Gasteiger partial charge in [-0.1, -0.05) is 48.5 Å². The first-order chi connectivity index (χ1) is 13.2. The third-order valence-electron chi connectivity index (χ3n) is 4.54. The average molecular weight is 365 g/mol. The standard InChI is InChI=1S/C21H23N3O3/c1-3-27-20(25)21(14-24-16-22-15-23-24,13-17-9-5-4-6-10-17)18-11-7-8-12-19(18)26-2/h4-12,15-16H,3,13-14H2,1-2H3. The molecule has 0 aliphatic heterocycles. The van der Waals surface area contributed by atoms with E-state index in [4.69, 9.17) is 9.47 Å². The van der Waals surface area contributed by atoms with Gasteiger partial charge in [-0.2, -0.15) is 5.10 Å². The van der Waals surface area contributed by atoms with Crippen LogP contribution in [-0.4, -0.2) is 34.5 Å². The molecular weight excluding hydrogens is 342 g/mol. The number of carbonyl (C=O) groups is 1. The lowest BCUT2D eigenvalue weighted by Crippen LogP contribution is -2.44. The summed E-state index contributed by atoms with van der Waals surface area (Å²) < 4.78 is 12.8. The number of esters is 1. The largest absolute Gasteiger partial charge is 0.496 e. The van der Waals surface area contributed by atoms with Crippen LogP contribution in [0.15, 0.2) is 67.3 Å². The van der Waals surface area contributed by atoms with Crippen molar-refractivity contribution in [2.24, 2.45) is 0 Å². The summed E-state index contributed by atoms with van der Waals surface area (Å²) in [5.41, 5.74) is 0.791. The molecule has 3 rings (SSSR count). The predicted octanol–water partition coefficient (Wildman–Crippen LogP) is 3.03. The van der Waals surface area contributed by atoms with Gasteiger partial charge in [-0.05, 0) is 25.0 Å². The Labute approximate surface area is 158 Å². The first kappa shape index (κ1) is 18.6. The highest BCUT2D eigenvalue weighted by atomic mass is 16.5. The molecular formula is C21H23N3O3. The summed E-state index contributed by atoms with van der Waals surface area (Å²) >= 11 is 0. The van der Waals surface area contributed by atoms with Crippen LogP contribution in [0, 0.1) is 0 Å². The summed E-state index contributed by atoms with van der Waals surface area (Å²) in [5, 5.41) is 4.22. The number of rotatable bonds is 8. The number of hydrogen-bond donors (Lipinski definition) is 0. The SMILES string of the molecule is CCOC(=O)C(Cc1ccccc1)(Cn1cncn1)c1ccccc1OC. The van der Waals surface area contributed by atoms with Gasteiger partial charge in [0.2, 0.25) is 0 Å². The Balaban J connectivity index is 2.18. The van der Waals surface area contributed by atoms with Gasteiger partial charge in [0.05, 0.1) is 20.3 Å². The molecule has 0 saturated heterocycles. The number of methoxy groups -OCH3 is 1. The van der Waals surface area contributed by atoms with Crippen molar-refractivity contribution >= 4 is 5.97 Å². The van der Waals surface area contributed by atoms with Crippen molar-refractivity contribution in [2.45, 2.75) is 25.3 Å². The molecule has 0 spiro atoms. The smallest absolute Gasteiger partial charge is 0.318 e. The fraction of sp³-hybridized carbons (Fsp3) is 0.286. The fourth-order valence-electron chi connectivity index (χ4n) is 3.33. The number of nitrogens with zero attached hydrogens (tertiary/aromatic N) is 3. The minimum Gasteiger partial charge on any atom is -0.496 e. The molecule has 0 saturated carbocycles. The van der Waals surface area contributed by atoms with E-state index >= 15 is 0 Å². The molecule has 0 fully saturated rings. The van der Waals surface area contributed by atoms with Gasteiger partial charge in [0.25, 0.3) is 0 Å². The zero-order valence-corrected chi connectivity index (χ0v) is 15.5. The molecule has 1 aromatic heterocycles. The molecule has 0 amide bonds. The molecule has 0 N–H and O–H groups in total. The summed E-state index contributed by atoms with van der Waals surface area (Å²) in [7, 11) is 1.60. The van der Waals surface area contributed by atoms with E-state index in [2.05, 4.69) is 10.1 Å². The van der Waals surface area contributed by atoms with Gasteiger partial charge in [0.1, 0.15) is 23.8 Å². The van der Waals surface area contributed by atoms with Crippen molar-refractivity contribution in [2.75, 3.05) is 13.7 Å². The van der Waals surface area contributed by atoms with Crippen LogP contribution in [0.25, 0.3) is 0 Å². The lowest BCUT2D eigenvalue weighted by atomic mass is 9.74. The quantitative estimate of drug-likeness (QED) is 0.574. The van der Waals surface area contributed by atoms with Gasteiger partial charge < -0.3 is 9.47 Å². The second-order valence-corrected chi connectivity index (χ2v) is 6.26. The van der Waals surface area contributed by atoms with Gasteiger partial charge in [-0.3, -0.25) is 9.48 Å². The summed E-state index contributed by atoms with van der Waals surface area (Å²) in [4.78, 5) is 17.3. The lowest BCUT2D eigenvalue weighted by molar-refractivity contribution is -0.151. The van der Waals surface area contributed by atoms with Crippen LogP contribution in [-0.2, 0) is 27.9 Å². The Bertz CT molecular complexity index is 865. The molecule has 6 heteroatoms. The molecule has 0 bridgehead atoms. The maximum absolute atomic E-state index is 13.3. The first-order valence-corrected chi connectivity index (χ1v) is 8.86. The molecule has 1 heterocycles. The van der Waals surface area contributed by atoms with Gasteiger partial charge in [-0.15, -0.1) is 0 Å². The third-order valence-corrected chi connectivity index (χ3v) is 4.54. The summed E-state index contributed by atoms with van der Waals surface area (Å²) in [6, 6.07) is 17.4. The van der Waals surface area contributed by atoms with Gasteiger partial charge >= 0.3 is 5.97 Å².